The fraction of sp³-hybridized carbons (Fsp3) is 0.278. The van der Waals surface area contributed by atoms with Gasteiger partial charge in [0, 0.05) is 20.1 Å². The van der Waals surface area contributed by atoms with Crippen LogP contribution < -0.4 is 15.8 Å². The number of nitrogens with one attached hydrogen (secondary N) is 2. The highest BCUT2D eigenvalue weighted by molar-refractivity contribution is 7.89. The summed E-state index contributed by atoms with van der Waals surface area (Å²) in [5, 5.41) is 11.4. The molecule has 0 heterocycles. The standard InChI is InChI=1S/C18H23FN4O2S/c1-21-18(23-12-10-15-3-2-4-16(19)13-15)22-11-9-14-5-7-17(8-6-14)26(20,24)25/h2-8,13H,9-12H2,1H3,(H2,20,24,25)(H2,21,22,23). The third-order valence-corrected chi connectivity index (χ3v) is 4.71. The normalized spacial score (nSPS) is 12.0. The SMILES string of the molecule is CN=C(NCCc1ccc(S(N)(=O)=O)cc1)NCCc1cccc(F)c1. The highest BCUT2D eigenvalue weighted by atomic mass is 32.2. The Hall–Kier alpha value is -2.45. The van der Waals surface area contributed by atoms with Gasteiger partial charge in [-0.05, 0) is 48.2 Å². The first kappa shape index (κ1) is 19.9. The van der Waals surface area contributed by atoms with E-state index in [9.17, 15) is 12.8 Å². The largest absolute Gasteiger partial charge is 0.356 e. The molecule has 0 saturated carbocycles. The Labute approximate surface area is 153 Å². The van der Waals surface area contributed by atoms with Crippen molar-refractivity contribution in [3.63, 3.8) is 0 Å². The second-order valence-corrected chi connectivity index (χ2v) is 7.31. The fourth-order valence-electron chi connectivity index (χ4n) is 2.41. The second kappa shape index (κ2) is 9.30. The van der Waals surface area contributed by atoms with E-state index in [1.807, 2.05) is 6.07 Å². The van der Waals surface area contributed by atoms with Crippen molar-refractivity contribution in [1.29, 1.82) is 0 Å². The molecule has 4 N–H and O–H groups in total. The summed E-state index contributed by atoms with van der Waals surface area (Å²) in [6.45, 7) is 1.26. The molecule has 140 valence electrons. The predicted octanol–water partition coefficient (Wildman–Crippen LogP) is 1.42. The van der Waals surface area contributed by atoms with Gasteiger partial charge in [0.05, 0.1) is 4.90 Å². The first-order valence-corrected chi connectivity index (χ1v) is 9.74. The van der Waals surface area contributed by atoms with E-state index in [1.165, 1.54) is 24.3 Å². The molecule has 0 aromatic heterocycles. The molecule has 6 nitrogen and oxygen atoms in total. The Balaban J connectivity index is 1.75. The summed E-state index contributed by atoms with van der Waals surface area (Å²) in [5.74, 6) is 0.418. The summed E-state index contributed by atoms with van der Waals surface area (Å²) in [4.78, 5) is 4.24. The number of sulfonamides is 1. The van der Waals surface area contributed by atoms with Crippen molar-refractivity contribution >= 4 is 16.0 Å². The molecule has 0 atom stereocenters. The van der Waals surface area contributed by atoms with E-state index < -0.39 is 10.0 Å². The van der Waals surface area contributed by atoms with Crippen LogP contribution in [-0.2, 0) is 22.9 Å². The number of guanidine groups is 1. The minimum atomic E-state index is -3.66. The van der Waals surface area contributed by atoms with E-state index in [0.29, 0.717) is 31.9 Å². The van der Waals surface area contributed by atoms with Gasteiger partial charge in [0.15, 0.2) is 5.96 Å². The van der Waals surface area contributed by atoms with Gasteiger partial charge in [-0.15, -0.1) is 0 Å². The van der Waals surface area contributed by atoms with Gasteiger partial charge in [0.25, 0.3) is 0 Å². The molecular weight excluding hydrogens is 355 g/mol. The van der Waals surface area contributed by atoms with Crippen LogP contribution in [0.1, 0.15) is 11.1 Å². The number of nitrogens with zero attached hydrogens (tertiary/aromatic N) is 1. The molecule has 0 fully saturated rings. The first-order valence-electron chi connectivity index (χ1n) is 8.19. The third kappa shape index (κ3) is 6.45. The lowest BCUT2D eigenvalue weighted by atomic mass is 10.1. The van der Waals surface area contributed by atoms with Crippen LogP contribution in [0.4, 0.5) is 4.39 Å². The number of halogens is 1. The molecule has 8 heteroatoms. The second-order valence-electron chi connectivity index (χ2n) is 5.74. The van der Waals surface area contributed by atoms with Crippen LogP contribution >= 0.6 is 0 Å². The van der Waals surface area contributed by atoms with Crippen molar-refractivity contribution in [2.24, 2.45) is 10.1 Å². The van der Waals surface area contributed by atoms with Crippen LogP contribution in [0.5, 0.6) is 0 Å². The molecule has 2 aromatic rings. The zero-order valence-electron chi connectivity index (χ0n) is 14.6. The zero-order valence-corrected chi connectivity index (χ0v) is 15.4. The van der Waals surface area contributed by atoms with E-state index in [4.69, 9.17) is 5.14 Å². The fourth-order valence-corrected chi connectivity index (χ4v) is 2.92. The van der Waals surface area contributed by atoms with Crippen LogP contribution in [0.25, 0.3) is 0 Å². The number of hydrogen-bond donors (Lipinski definition) is 3. The number of primary sulfonamides is 1. The monoisotopic (exact) mass is 378 g/mol. The Bertz CT molecular complexity index is 852. The number of hydrogen-bond acceptors (Lipinski definition) is 3. The first-order chi connectivity index (χ1) is 12.4. The molecule has 0 spiro atoms. The summed E-state index contributed by atoms with van der Waals surface area (Å²) in [7, 11) is -1.98. The van der Waals surface area contributed by atoms with Gasteiger partial charge >= 0.3 is 0 Å². The molecule has 0 saturated heterocycles. The van der Waals surface area contributed by atoms with Gasteiger partial charge in [-0.3, -0.25) is 4.99 Å². The zero-order chi connectivity index (χ0) is 19.0. The van der Waals surface area contributed by atoms with E-state index in [-0.39, 0.29) is 10.7 Å². The maximum Gasteiger partial charge on any atom is 0.238 e. The molecule has 0 radical (unpaired) electrons. The van der Waals surface area contributed by atoms with Gasteiger partial charge in [-0.25, -0.2) is 17.9 Å². The number of aliphatic imine (C=N–C) groups is 1. The van der Waals surface area contributed by atoms with Crippen LogP contribution in [0.15, 0.2) is 58.4 Å². The number of benzene rings is 2. The van der Waals surface area contributed by atoms with E-state index in [2.05, 4.69) is 15.6 Å². The van der Waals surface area contributed by atoms with E-state index >= 15 is 0 Å². The van der Waals surface area contributed by atoms with Crippen molar-refractivity contribution in [2.45, 2.75) is 17.7 Å². The molecule has 0 amide bonds. The predicted molar refractivity (Wildman–Crippen MR) is 101 cm³/mol. The molecule has 0 aliphatic heterocycles. The Morgan fingerprint density at radius 2 is 1.65 bits per heavy atom. The Kier molecular flexibility index (Phi) is 7.11. The van der Waals surface area contributed by atoms with Crippen molar-refractivity contribution in [3.8, 4) is 0 Å². The maximum absolute atomic E-state index is 13.1. The molecule has 0 bridgehead atoms. The van der Waals surface area contributed by atoms with Crippen molar-refractivity contribution in [1.82, 2.24) is 10.6 Å². The van der Waals surface area contributed by atoms with Crippen LogP contribution in [-0.4, -0.2) is 34.5 Å². The number of nitrogens with two attached hydrogens (primary N) is 1. The third-order valence-electron chi connectivity index (χ3n) is 3.78. The van der Waals surface area contributed by atoms with Crippen LogP contribution in [0.3, 0.4) is 0 Å². The average Bonchev–Trinajstić information content (AvgIpc) is 2.60. The summed E-state index contributed by atoms with van der Waals surface area (Å²) < 4.78 is 35.6. The average molecular weight is 378 g/mol. The Morgan fingerprint density at radius 1 is 1.04 bits per heavy atom. The smallest absolute Gasteiger partial charge is 0.238 e. The van der Waals surface area contributed by atoms with Crippen LogP contribution in [0, 0.1) is 5.82 Å². The minimum Gasteiger partial charge on any atom is -0.356 e. The molecule has 26 heavy (non-hydrogen) atoms. The van der Waals surface area contributed by atoms with Crippen molar-refractivity contribution in [2.75, 3.05) is 20.1 Å². The summed E-state index contributed by atoms with van der Waals surface area (Å²) >= 11 is 0. The minimum absolute atomic E-state index is 0.101. The molecule has 0 aliphatic carbocycles. The van der Waals surface area contributed by atoms with Gasteiger partial charge in [0.2, 0.25) is 10.0 Å². The van der Waals surface area contributed by atoms with Crippen molar-refractivity contribution in [3.05, 3.63) is 65.5 Å². The van der Waals surface area contributed by atoms with Crippen LogP contribution in [0.2, 0.25) is 0 Å². The topological polar surface area (TPSA) is 96.6 Å². The summed E-state index contributed by atoms with van der Waals surface area (Å²) in [6, 6.07) is 13.0. The molecular formula is C18H23FN4O2S. The molecule has 0 aliphatic rings. The lowest BCUT2D eigenvalue weighted by Gasteiger charge is -2.12. The summed E-state index contributed by atoms with van der Waals surface area (Å²) in [6.07, 6.45) is 1.39. The van der Waals surface area contributed by atoms with Gasteiger partial charge in [-0.1, -0.05) is 24.3 Å². The van der Waals surface area contributed by atoms with Gasteiger partial charge in [-0.2, -0.15) is 0 Å². The lowest BCUT2D eigenvalue weighted by molar-refractivity contribution is 0.597. The van der Waals surface area contributed by atoms with Crippen molar-refractivity contribution < 1.29 is 12.8 Å². The van der Waals surface area contributed by atoms with Gasteiger partial charge in [0.1, 0.15) is 5.82 Å². The maximum atomic E-state index is 13.1. The lowest BCUT2D eigenvalue weighted by Crippen LogP contribution is -2.39. The molecule has 0 unspecified atom stereocenters. The Morgan fingerprint density at radius 3 is 2.19 bits per heavy atom. The molecule has 2 rings (SSSR count). The number of rotatable bonds is 7. The van der Waals surface area contributed by atoms with E-state index in [1.54, 1.807) is 25.2 Å². The highest BCUT2D eigenvalue weighted by Crippen LogP contribution is 2.09. The van der Waals surface area contributed by atoms with Gasteiger partial charge < -0.3 is 10.6 Å². The highest BCUT2D eigenvalue weighted by Gasteiger charge is 2.06. The quantitative estimate of drug-likeness (QED) is 0.501. The van der Waals surface area contributed by atoms with E-state index in [0.717, 1.165) is 11.1 Å². The molecule has 2 aromatic carbocycles. The summed E-state index contributed by atoms with van der Waals surface area (Å²) in [5.41, 5.74) is 1.91.